The summed E-state index contributed by atoms with van der Waals surface area (Å²) in [5.41, 5.74) is 9.22. The first-order valence-corrected chi connectivity index (χ1v) is 10.6. The molecule has 31 heavy (non-hydrogen) atoms. The second-order valence-corrected chi connectivity index (χ2v) is 8.52. The molecule has 2 unspecified atom stereocenters. The van der Waals surface area contributed by atoms with Gasteiger partial charge in [0.05, 0.1) is 34.9 Å². The number of rotatable bonds is 4. The number of piperidine rings is 1. The predicted octanol–water partition coefficient (Wildman–Crippen LogP) is 3.26. The number of aliphatic hydroxyl groups is 1. The third-order valence-electron chi connectivity index (χ3n) is 6.27. The Kier molecular flexibility index (Phi) is 4.79. The van der Waals surface area contributed by atoms with Gasteiger partial charge < -0.3 is 20.5 Å². The average Bonchev–Trinajstić information content (AvgIpc) is 3.21. The van der Waals surface area contributed by atoms with E-state index in [-0.39, 0.29) is 6.04 Å². The molecule has 2 aromatic carbocycles. The van der Waals surface area contributed by atoms with Crippen LogP contribution in [0.2, 0.25) is 0 Å². The summed E-state index contributed by atoms with van der Waals surface area (Å²) in [7, 11) is 1.65. The van der Waals surface area contributed by atoms with E-state index < -0.39 is 5.60 Å². The second-order valence-electron chi connectivity index (χ2n) is 8.52. The third-order valence-corrected chi connectivity index (χ3v) is 6.27. The molecule has 0 aliphatic carbocycles. The molecule has 1 fully saturated rings. The van der Waals surface area contributed by atoms with Crippen molar-refractivity contribution in [2.75, 3.05) is 25.1 Å². The van der Waals surface area contributed by atoms with E-state index in [1.54, 1.807) is 13.4 Å². The molecule has 0 bridgehead atoms. The highest BCUT2D eigenvalue weighted by molar-refractivity contribution is 5.92. The Labute approximate surface area is 181 Å². The van der Waals surface area contributed by atoms with Gasteiger partial charge >= 0.3 is 0 Å². The van der Waals surface area contributed by atoms with Crippen molar-refractivity contribution in [3.8, 4) is 11.6 Å². The molecule has 1 aliphatic heterocycles. The van der Waals surface area contributed by atoms with Gasteiger partial charge in [-0.25, -0.2) is 9.97 Å². The number of ether oxygens (including phenoxy) is 1. The van der Waals surface area contributed by atoms with Gasteiger partial charge in [0.25, 0.3) is 0 Å². The first kappa shape index (κ1) is 19.8. The number of hydrogen-bond donors (Lipinski definition) is 2. The Balaban J connectivity index is 1.61. The molecular formula is C24H27N5O2. The standard InChI is InChI=1S/C24H27N5O2/c1-24(30)10-11-28(17(13-24)14-25)21-5-3-4-16-6-9-22(27-23(16)21)29-15-26-19-12-18(31-2)7-8-20(19)29/h3-9,12,15,17,30H,10-11,13-14,25H2,1-2H3. The van der Waals surface area contributed by atoms with Gasteiger partial charge in [-0.1, -0.05) is 12.1 Å². The van der Waals surface area contributed by atoms with Crippen molar-refractivity contribution >= 4 is 27.6 Å². The van der Waals surface area contributed by atoms with Crippen LogP contribution < -0.4 is 15.4 Å². The van der Waals surface area contributed by atoms with E-state index in [1.807, 2.05) is 35.8 Å². The highest BCUT2D eigenvalue weighted by atomic mass is 16.5. The van der Waals surface area contributed by atoms with Crippen LogP contribution in [0.25, 0.3) is 27.8 Å². The minimum Gasteiger partial charge on any atom is -0.497 e. The van der Waals surface area contributed by atoms with Gasteiger partial charge in [-0.3, -0.25) is 4.57 Å². The van der Waals surface area contributed by atoms with Crippen LogP contribution in [-0.2, 0) is 0 Å². The number of imidazole rings is 1. The number of aromatic nitrogens is 3. The smallest absolute Gasteiger partial charge is 0.139 e. The van der Waals surface area contributed by atoms with Crippen LogP contribution >= 0.6 is 0 Å². The number of fused-ring (bicyclic) bond motifs is 2. The van der Waals surface area contributed by atoms with E-state index in [0.29, 0.717) is 19.4 Å². The molecule has 2 atom stereocenters. The molecular weight excluding hydrogens is 390 g/mol. The van der Waals surface area contributed by atoms with Crippen molar-refractivity contribution in [1.29, 1.82) is 0 Å². The molecule has 0 amide bonds. The van der Waals surface area contributed by atoms with E-state index in [2.05, 4.69) is 34.1 Å². The number of benzene rings is 2. The molecule has 5 rings (SSSR count). The quantitative estimate of drug-likeness (QED) is 0.530. The lowest BCUT2D eigenvalue weighted by Gasteiger charge is -2.43. The fourth-order valence-electron chi connectivity index (χ4n) is 4.58. The maximum absolute atomic E-state index is 10.5. The number of anilines is 1. The zero-order valence-electron chi connectivity index (χ0n) is 17.8. The summed E-state index contributed by atoms with van der Waals surface area (Å²) in [5.74, 6) is 1.58. The van der Waals surface area contributed by atoms with E-state index >= 15 is 0 Å². The Hall–Kier alpha value is -3.16. The molecule has 0 saturated carbocycles. The Morgan fingerprint density at radius 1 is 1.23 bits per heavy atom. The van der Waals surface area contributed by atoms with Crippen LogP contribution in [0.3, 0.4) is 0 Å². The zero-order chi connectivity index (χ0) is 21.6. The minimum atomic E-state index is -0.680. The molecule has 160 valence electrons. The van der Waals surface area contributed by atoms with Crippen molar-refractivity contribution in [3.63, 3.8) is 0 Å². The average molecular weight is 418 g/mol. The van der Waals surface area contributed by atoms with E-state index in [9.17, 15) is 5.11 Å². The molecule has 7 nitrogen and oxygen atoms in total. The van der Waals surface area contributed by atoms with Gasteiger partial charge in [0.15, 0.2) is 0 Å². The van der Waals surface area contributed by atoms with Crippen LogP contribution in [-0.4, -0.2) is 51.5 Å². The molecule has 2 aromatic heterocycles. The Morgan fingerprint density at radius 2 is 2.10 bits per heavy atom. The first-order valence-electron chi connectivity index (χ1n) is 10.6. The van der Waals surface area contributed by atoms with Gasteiger partial charge in [0, 0.05) is 30.6 Å². The van der Waals surface area contributed by atoms with Crippen molar-refractivity contribution in [2.45, 2.75) is 31.4 Å². The number of para-hydroxylation sites is 1. The van der Waals surface area contributed by atoms with E-state index in [4.69, 9.17) is 15.5 Å². The maximum atomic E-state index is 10.5. The van der Waals surface area contributed by atoms with Crippen molar-refractivity contribution < 1.29 is 9.84 Å². The molecule has 0 radical (unpaired) electrons. The summed E-state index contributed by atoms with van der Waals surface area (Å²) in [4.78, 5) is 11.9. The van der Waals surface area contributed by atoms with E-state index in [0.717, 1.165) is 45.7 Å². The normalized spacial score (nSPS) is 21.7. The van der Waals surface area contributed by atoms with Crippen molar-refractivity contribution in [3.05, 3.63) is 54.9 Å². The summed E-state index contributed by atoms with van der Waals surface area (Å²) in [5, 5.41) is 11.6. The topological polar surface area (TPSA) is 89.4 Å². The lowest BCUT2D eigenvalue weighted by molar-refractivity contribution is 0.0230. The van der Waals surface area contributed by atoms with Crippen LogP contribution in [0.1, 0.15) is 19.8 Å². The molecule has 3 N–H and O–H groups in total. The number of hydrogen-bond acceptors (Lipinski definition) is 6. The van der Waals surface area contributed by atoms with Crippen molar-refractivity contribution in [1.82, 2.24) is 14.5 Å². The largest absolute Gasteiger partial charge is 0.497 e. The van der Waals surface area contributed by atoms with Gasteiger partial charge in [0.2, 0.25) is 0 Å². The van der Waals surface area contributed by atoms with Gasteiger partial charge in [-0.15, -0.1) is 0 Å². The summed E-state index contributed by atoms with van der Waals surface area (Å²) in [6, 6.07) is 16.2. The number of nitrogens with zero attached hydrogens (tertiary/aromatic N) is 4. The fourth-order valence-corrected chi connectivity index (χ4v) is 4.58. The maximum Gasteiger partial charge on any atom is 0.139 e. The Bertz CT molecular complexity index is 1250. The number of pyridine rings is 1. The number of methoxy groups -OCH3 is 1. The first-order chi connectivity index (χ1) is 15.0. The summed E-state index contributed by atoms with van der Waals surface area (Å²) in [6.07, 6.45) is 3.14. The highest BCUT2D eigenvalue weighted by Gasteiger charge is 2.35. The van der Waals surface area contributed by atoms with E-state index in [1.165, 1.54) is 0 Å². The Morgan fingerprint density at radius 3 is 2.90 bits per heavy atom. The summed E-state index contributed by atoms with van der Waals surface area (Å²) in [6.45, 7) is 3.12. The summed E-state index contributed by atoms with van der Waals surface area (Å²) >= 11 is 0. The van der Waals surface area contributed by atoms with Gasteiger partial charge in [-0.2, -0.15) is 0 Å². The van der Waals surface area contributed by atoms with Gasteiger partial charge in [-0.05, 0) is 50.1 Å². The predicted molar refractivity (Wildman–Crippen MR) is 123 cm³/mol. The second kappa shape index (κ2) is 7.51. The molecule has 0 spiro atoms. The minimum absolute atomic E-state index is 0.0707. The molecule has 3 heterocycles. The van der Waals surface area contributed by atoms with Crippen LogP contribution in [0, 0.1) is 0 Å². The van der Waals surface area contributed by atoms with Crippen LogP contribution in [0.5, 0.6) is 5.75 Å². The molecule has 1 saturated heterocycles. The lowest BCUT2D eigenvalue weighted by atomic mass is 9.87. The third kappa shape index (κ3) is 3.49. The highest BCUT2D eigenvalue weighted by Crippen LogP contribution is 2.34. The molecule has 4 aromatic rings. The van der Waals surface area contributed by atoms with Crippen LogP contribution in [0.15, 0.2) is 54.9 Å². The zero-order valence-corrected chi connectivity index (χ0v) is 17.8. The molecule has 1 aliphatic rings. The van der Waals surface area contributed by atoms with Gasteiger partial charge in [0.1, 0.15) is 17.9 Å². The fraction of sp³-hybridized carbons (Fsp3) is 0.333. The SMILES string of the molecule is COc1ccc2c(c1)ncn2-c1ccc2cccc(N3CCC(C)(O)CC3CN)c2n1. The van der Waals surface area contributed by atoms with Crippen molar-refractivity contribution in [2.24, 2.45) is 5.73 Å². The lowest BCUT2D eigenvalue weighted by Crippen LogP contribution is -2.52. The monoisotopic (exact) mass is 417 g/mol. The number of nitrogens with two attached hydrogens (primary N) is 1. The van der Waals surface area contributed by atoms with Crippen LogP contribution in [0.4, 0.5) is 5.69 Å². The molecule has 7 heteroatoms. The summed E-state index contributed by atoms with van der Waals surface area (Å²) < 4.78 is 7.31.